The van der Waals surface area contributed by atoms with E-state index in [1.807, 2.05) is 31.3 Å². The van der Waals surface area contributed by atoms with Gasteiger partial charge in [-0.3, -0.25) is 4.90 Å². The second kappa shape index (κ2) is 11.7. The second-order valence-electron chi connectivity index (χ2n) is 8.94. The predicted molar refractivity (Wildman–Crippen MR) is 145 cm³/mol. The third kappa shape index (κ3) is 5.81. The largest absolute Gasteiger partial charge is 0.492 e. The molecule has 1 N–H and O–H groups in total. The summed E-state index contributed by atoms with van der Waals surface area (Å²) in [7, 11) is 1.94. The van der Waals surface area contributed by atoms with E-state index < -0.39 is 0 Å². The van der Waals surface area contributed by atoms with Gasteiger partial charge in [0.2, 0.25) is 5.95 Å². The van der Waals surface area contributed by atoms with Crippen LogP contribution in [0.25, 0.3) is 5.57 Å². The van der Waals surface area contributed by atoms with Crippen LogP contribution in [0.15, 0.2) is 67.0 Å². The summed E-state index contributed by atoms with van der Waals surface area (Å²) in [5.74, 6) is 1.60. The minimum atomic E-state index is -0.0118. The molecule has 2 aliphatic rings. The quantitative estimate of drug-likeness (QED) is 0.466. The van der Waals surface area contributed by atoms with Gasteiger partial charge in [0.25, 0.3) is 0 Å². The van der Waals surface area contributed by atoms with E-state index in [1.165, 1.54) is 5.57 Å². The summed E-state index contributed by atoms with van der Waals surface area (Å²) in [6.07, 6.45) is 6.76. The molecule has 36 heavy (non-hydrogen) atoms. The van der Waals surface area contributed by atoms with Crippen molar-refractivity contribution in [1.29, 1.82) is 0 Å². The van der Waals surface area contributed by atoms with Crippen molar-refractivity contribution in [3.05, 3.63) is 83.2 Å². The Bertz CT molecular complexity index is 1170. The van der Waals surface area contributed by atoms with E-state index in [0.29, 0.717) is 6.61 Å². The molecule has 8 heteroatoms. The average Bonchev–Trinajstić information content (AvgIpc) is 2.94. The Morgan fingerprint density at radius 2 is 1.83 bits per heavy atom. The Hall–Kier alpha value is -3.13. The van der Waals surface area contributed by atoms with Crippen LogP contribution in [0.4, 0.5) is 11.6 Å². The number of benzene rings is 2. The minimum Gasteiger partial charge on any atom is -0.492 e. The summed E-state index contributed by atoms with van der Waals surface area (Å²) in [6, 6.07) is 16.2. The molecule has 1 unspecified atom stereocenters. The zero-order valence-electron chi connectivity index (χ0n) is 20.6. The highest BCUT2D eigenvalue weighted by Crippen LogP contribution is 2.38. The summed E-state index contributed by atoms with van der Waals surface area (Å²) >= 11 is 6.37. The third-order valence-corrected chi connectivity index (χ3v) is 6.96. The van der Waals surface area contributed by atoms with Gasteiger partial charge in [-0.1, -0.05) is 29.8 Å². The molecule has 1 aromatic heterocycles. The van der Waals surface area contributed by atoms with Crippen LogP contribution in [0.2, 0.25) is 5.02 Å². The normalized spacial score (nSPS) is 18.6. The van der Waals surface area contributed by atoms with Gasteiger partial charge in [-0.05, 0) is 54.0 Å². The Morgan fingerprint density at radius 1 is 1.06 bits per heavy atom. The molecule has 2 aliphatic heterocycles. The molecule has 1 saturated heterocycles. The molecule has 3 heterocycles. The van der Waals surface area contributed by atoms with Crippen molar-refractivity contribution in [1.82, 2.24) is 14.9 Å². The van der Waals surface area contributed by atoms with E-state index in [0.717, 1.165) is 79.3 Å². The van der Waals surface area contributed by atoms with Gasteiger partial charge in [0.05, 0.1) is 19.3 Å². The van der Waals surface area contributed by atoms with Crippen LogP contribution in [-0.4, -0.2) is 67.9 Å². The smallest absolute Gasteiger partial charge is 0.226 e. The van der Waals surface area contributed by atoms with Crippen LogP contribution in [0.3, 0.4) is 0 Å². The lowest BCUT2D eigenvalue weighted by atomic mass is 9.91. The van der Waals surface area contributed by atoms with Gasteiger partial charge >= 0.3 is 0 Å². The Balaban J connectivity index is 1.38. The van der Waals surface area contributed by atoms with Crippen LogP contribution >= 0.6 is 11.6 Å². The molecule has 188 valence electrons. The molecule has 0 amide bonds. The standard InChI is InChI=1S/C28H32ClN5O2/c1-30-26-8-5-23(29)20-25(26)22-9-12-34(28-31-10-2-11-32-28)27(19-22)21-3-6-24(7-4-21)36-18-15-33-13-16-35-17-14-33/h2-8,10-11,19-20,27,30H,9,12-18H2,1H3. The lowest BCUT2D eigenvalue weighted by molar-refractivity contribution is 0.0322. The summed E-state index contributed by atoms with van der Waals surface area (Å²) in [6.45, 7) is 5.92. The van der Waals surface area contributed by atoms with Crippen molar-refractivity contribution < 1.29 is 9.47 Å². The molecule has 5 rings (SSSR count). The average molecular weight is 506 g/mol. The van der Waals surface area contributed by atoms with Crippen LogP contribution in [0.1, 0.15) is 23.6 Å². The van der Waals surface area contributed by atoms with Gasteiger partial charge < -0.3 is 19.7 Å². The Morgan fingerprint density at radius 3 is 2.58 bits per heavy atom. The van der Waals surface area contributed by atoms with E-state index in [2.05, 4.69) is 55.4 Å². The van der Waals surface area contributed by atoms with Crippen molar-refractivity contribution >= 4 is 28.8 Å². The maximum atomic E-state index is 6.37. The number of nitrogens with zero attached hydrogens (tertiary/aromatic N) is 4. The number of nitrogens with one attached hydrogen (secondary N) is 1. The fourth-order valence-corrected chi connectivity index (χ4v) is 4.96. The number of rotatable bonds is 8. The molecule has 0 saturated carbocycles. The van der Waals surface area contributed by atoms with E-state index in [1.54, 1.807) is 12.4 Å². The summed E-state index contributed by atoms with van der Waals surface area (Å²) in [5.41, 5.74) is 4.61. The van der Waals surface area contributed by atoms with Gasteiger partial charge in [-0.15, -0.1) is 0 Å². The lowest BCUT2D eigenvalue weighted by Crippen LogP contribution is -2.38. The van der Waals surface area contributed by atoms with Gasteiger partial charge in [0.15, 0.2) is 0 Å². The highest BCUT2D eigenvalue weighted by atomic mass is 35.5. The summed E-state index contributed by atoms with van der Waals surface area (Å²) in [4.78, 5) is 13.7. The number of morpholine rings is 1. The first kappa shape index (κ1) is 24.6. The molecular formula is C28H32ClN5O2. The predicted octanol–water partition coefficient (Wildman–Crippen LogP) is 4.92. The molecular weight excluding hydrogens is 474 g/mol. The zero-order valence-corrected chi connectivity index (χ0v) is 21.3. The van der Waals surface area contributed by atoms with Crippen molar-refractivity contribution in [3.63, 3.8) is 0 Å². The third-order valence-electron chi connectivity index (χ3n) is 6.72. The first-order valence-corrected chi connectivity index (χ1v) is 12.8. The van der Waals surface area contributed by atoms with E-state index in [9.17, 15) is 0 Å². The summed E-state index contributed by atoms with van der Waals surface area (Å²) < 4.78 is 11.5. The number of anilines is 2. The van der Waals surface area contributed by atoms with Crippen molar-refractivity contribution in [2.75, 3.05) is 63.3 Å². The van der Waals surface area contributed by atoms with Crippen molar-refractivity contribution in [2.45, 2.75) is 12.5 Å². The van der Waals surface area contributed by atoms with Gasteiger partial charge in [-0.25, -0.2) is 9.97 Å². The fraction of sp³-hybridized carbons (Fsp3) is 0.357. The highest BCUT2D eigenvalue weighted by molar-refractivity contribution is 6.30. The molecule has 0 spiro atoms. The van der Waals surface area contributed by atoms with Gasteiger partial charge in [-0.2, -0.15) is 0 Å². The van der Waals surface area contributed by atoms with Crippen LogP contribution in [-0.2, 0) is 4.74 Å². The molecule has 1 fully saturated rings. The van der Waals surface area contributed by atoms with E-state index in [-0.39, 0.29) is 6.04 Å². The van der Waals surface area contributed by atoms with Crippen molar-refractivity contribution in [3.8, 4) is 5.75 Å². The first-order chi connectivity index (χ1) is 17.7. The van der Waals surface area contributed by atoms with Crippen LogP contribution < -0.4 is 15.0 Å². The molecule has 0 aliphatic carbocycles. The van der Waals surface area contributed by atoms with E-state index >= 15 is 0 Å². The number of ether oxygens (including phenoxy) is 2. The highest BCUT2D eigenvalue weighted by Gasteiger charge is 2.27. The van der Waals surface area contributed by atoms with E-state index in [4.69, 9.17) is 21.1 Å². The van der Waals surface area contributed by atoms with Gasteiger partial charge in [0, 0.05) is 61.9 Å². The maximum Gasteiger partial charge on any atom is 0.226 e. The first-order valence-electron chi connectivity index (χ1n) is 12.5. The van der Waals surface area contributed by atoms with Crippen LogP contribution in [0.5, 0.6) is 5.75 Å². The van der Waals surface area contributed by atoms with Crippen LogP contribution in [0, 0.1) is 0 Å². The SMILES string of the molecule is CNc1ccc(Cl)cc1C1=CC(c2ccc(OCCN3CCOCC3)cc2)N(c2ncccn2)CC1. The Labute approximate surface area is 217 Å². The molecule has 1 atom stereocenters. The Kier molecular flexibility index (Phi) is 8.01. The second-order valence-corrected chi connectivity index (χ2v) is 9.38. The topological polar surface area (TPSA) is 62.8 Å². The zero-order chi connectivity index (χ0) is 24.7. The van der Waals surface area contributed by atoms with Gasteiger partial charge in [0.1, 0.15) is 12.4 Å². The molecule has 3 aromatic rings. The number of hydrogen-bond donors (Lipinski definition) is 1. The molecule has 2 aromatic carbocycles. The number of hydrogen-bond acceptors (Lipinski definition) is 7. The van der Waals surface area contributed by atoms with Crippen molar-refractivity contribution in [2.24, 2.45) is 0 Å². The molecule has 0 bridgehead atoms. The molecule has 0 radical (unpaired) electrons. The molecule has 7 nitrogen and oxygen atoms in total. The minimum absolute atomic E-state index is 0.0118. The number of halogens is 1. The summed E-state index contributed by atoms with van der Waals surface area (Å²) in [5, 5.41) is 4.03. The fourth-order valence-electron chi connectivity index (χ4n) is 4.79. The maximum absolute atomic E-state index is 6.37. The number of aromatic nitrogens is 2. The monoisotopic (exact) mass is 505 g/mol. The lowest BCUT2D eigenvalue weighted by Gasteiger charge is -2.35.